The third-order valence-corrected chi connectivity index (χ3v) is 4.57. The Kier molecular flexibility index (Phi) is 5.14. The van der Waals surface area contributed by atoms with E-state index in [-0.39, 0.29) is 11.2 Å². The van der Waals surface area contributed by atoms with Gasteiger partial charge in [-0.1, -0.05) is 19.3 Å². The normalized spacial score (nSPS) is 18.5. The molecule has 7 heteroatoms. The van der Waals surface area contributed by atoms with Crippen LogP contribution in [0.4, 0.5) is 19.0 Å². The molecule has 1 saturated carbocycles. The van der Waals surface area contributed by atoms with Gasteiger partial charge >= 0.3 is 6.18 Å². The molecule has 0 spiro atoms. The van der Waals surface area contributed by atoms with Gasteiger partial charge in [-0.15, -0.1) is 0 Å². The number of nitrogens with zero attached hydrogens (tertiary/aromatic N) is 1. The summed E-state index contributed by atoms with van der Waals surface area (Å²) in [5.74, 6) is -0.121. The largest absolute Gasteiger partial charge is 0.419 e. The third-order valence-electron chi connectivity index (χ3n) is 4.14. The fourth-order valence-electron chi connectivity index (χ4n) is 2.82. The average Bonchev–Trinajstić information content (AvgIpc) is 2.46. The zero-order valence-electron chi connectivity index (χ0n) is 11.6. The van der Waals surface area contributed by atoms with Crippen molar-refractivity contribution in [1.82, 2.24) is 4.98 Å². The van der Waals surface area contributed by atoms with E-state index in [1.165, 1.54) is 12.6 Å². The molecular formula is C14H19BrF3N3. The summed E-state index contributed by atoms with van der Waals surface area (Å²) in [6.07, 6.45) is 2.18. The molecule has 3 nitrogen and oxygen atoms in total. The summed E-state index contributed by atoms with van der Waals surface area (Å²) in [5, 5.41) is 2.88. The standard InChI is InChI=1S/C14H19BrF3N3/c15-10-6-11(14(16,17)18)12(20-7-10)21-9-13(8-19)4-2-1-3-5-13/h6-7H,1-5,8-9,19H2,(H,20,21). The molecule has 0 aliphatic heterocycles. The van der Waals surface area contributed by atoms with Crippen LogP contribution in [0.15, 0.2) is 16.7 Å². The van der Waals surface area contributed by atoms with E-state index in [0.717, 1.165) is 31.7 Å². The highest BCUT2D eigenvalue weighted by atomic mass is 79.9. The summed E-state index contributed by atoms with van der Waals surface area (Å²) in [7, 11) is 0. The Balaban J connectivity index is 2.16. The Morgan fingerprint density at radius 2 is 1.95 bits per heavy atom. The molecule has 0 aromatic carbocycles. The first-order valence-electron chi connectivity index (χ1n) is 7.03. The molecule has 1 fully saturated rings. The van der Waals surface area contributed by atoms with Gasteiger partial charge in [0.05, 0.1) is 5.56 Å². The Labute approximate surface area is 130 Å². The highest BCUT2D eigenvalue weighted by molar-refractivity contribution is 9.10. The lowest BCUT2D eigenvalue weighted by molar-refractivity contribution is -0.137. The van der Waals surface area contributed by atoms with E-state index in [1.807, 2.05) is 0 Å². The number of nitrogens with two attached hydrogens (primary N) is 1. The third kappa shape index (κ3) is 4.10. The van der Waals surface area contributed by atoms with Crippen LogP contribution in [-0.2, 0) is 6.18 Å². The number of rotatable bonds is 4. The number of hydrogen-bond donors (Lipinski definition) is 2. The van der Waals surface area contributed by atoms with Gasteiger partial charge in [0.1, 0.15) is 5.82 Å². The minimum Gasteiger partial charge on any atom is -0.369 e. The first-order chi connectivity index (χ1) is 9.86. The summed E-state index contributed by atoms with van der Waals surface area (Å²) in [6, 6.07) is 1.05. The smallest absolute Gasteiger partial charge is 0.369 e. The van der Waals surface area contributed by atoms with Crippen LogP contribution in [0.5, 0.6) is 0 Å². The summed E-state index contributed by atoms with van der Waals surface area (Å²) in [5.41, 5.74) is 4.99. The Morgan fingerprint density at radius 1 is 1.29 bits per heavy atom. The van der Waals surface area contributed by atoms with Gasteiger partial charge in [-0.25, -0.2) is 4.98 Å². The summed E-state index contributed by atoms with van der Waals surface area (Å²) in [4.78, 5) is 3.88. The fraction of sp³-hybridized carbons (Fsp3) is 0.643. The van der Waals surface area contributed by atoms with Crippen molar-refractivity contribution < 1.29 is 13.2 Å². The van der Waals surface area contributed by atoms with E-state index in [0.29, 0.717) is 17.6 Å². The van der Waals surface area contributed by atoms with E-state index >= 15 is 0 Å². The van der Waals surface area contributed by atoms with Crippen LogP contribution in [0.1, 0.15) is 37.7 Å². The Bertz CT molecular complexity index is 485. The van der Waals surface area contributed by atoms with Gasteiger partial charge in [0.25, 0.3) is 0 Å². The molecule has 0 saturated heterocycles. The lowest BCUT2D eigenvalue weighted by Crippen LogP contribution is -2.39. The van der Waals surface area contributed by atoms with Gasteiger partial charge in [-0.3, -0.25) is 0 Å². The average molecular weight is 366 g/mol. The number of pyridine rings is 1. The zero-order valence-corrected chi connectivity index (χ0v) is 13.2. The molecule has 0 atom stereocenters. The van der Waals surface area contributed by atoms with Gasteiger partial charge in [-0.2, -0.15) is 13.2 Å². The van der Waals surface area contributed by atoms with Crippen LogP contribution in [0.25, 0.3) is 0 Å². The first kappa shape index (κ1) is 16.5. The molecule has 1 heterocycles. The number of hydrogen-bond acceptors (Lipinski definition) is 3. The molecule has 1 aliphatic carbocycles. The Morgan fingerprint density at radius 3 is 2.52 bits per heavy atom. The van der Waals surface area contributed by atoms with Crippen LogP contribution in [0, 0.1) is 5.41 Å². The lowest BCUT2D eigenvalue weighted by atomic mass is 9.74. The molecule has 1 aliphatic rings. The molecule has 0 radical (unpaired) electrons. The number of aromatic nitrogens is 1. The molecule has 3 N–H and O–H groups in total. The summed E-state index contributed by atoms with van der Waals surface area (Å²) < 4.78 is 39.4. The highest BCUT2D eigenvalue weighted by Gasteiger charge is 2.36. The topological polar surface area (TPSA) is 50.9 Å². The molecule has 0 unspecified atom stereocenters. The molecule has 1 aromatic heterocycles. The predicted molar refractivity (Wildman–Crippen MR) is 80.0 cm³/mol. The van der Waals surface area contributed by atoms with Crippen LogP contribution in [-0.4, -0.2) is 18.1 Å². The number of nitrogens with one attached hydrogen (secondary N) is 1. The summed E-state index contributed by atoms with van der Waals surface area (Å²) in [6.45, 7) is 0.916. The molecule has 1 aromatic rings. The van der Waals surface area contributed by atoms with Gasteiger partial charge in [0, 0.05) is 17.2 Å². The van der Waals surface area contributed by atoms with E-state index in [2.05, 4.69) is 26.2 Å². The van der Waals surface area contributed by atoms with Gasteiger partial charge in [0.2, 0.25) is 0 Å². The quantitative estimate of drug-likeness (QED) is 0.841. The van der Waals surface area contributed by atoms with Crippen molar-refractivity contribution >= 4 is 21.7 Å². The molecular weight excluding hydrogens is 347 g/mol. The number of alkyl halides is 3. The van der Waals surface area contributed by atoms with Crippen molar-refractivity contribution in [3.05, 3.63) is 22.3 Å². The van der Waals surface area contributed by atoms with Crippen molar-refractivity contribution in [3.8, 4) is 0 Å². The molecule has 118 valence electrons. The van der Waals surface area contributed by atoms with Crippen molar-refractivity contribution in [2.45, 2.75) is 38.3 Å². The van der Waals surface area contributed by atoms with E-state index < -0.39 is 11.7 Å². The lowest BCUT2D eigenvalue weighted by Gasteiger charge is -2.36. The molecule has 2 rings (SSSR count). The SMILES string of the molecule is NCC1(CNc2ncc(Br)cc2C(F)(F)F)CCCCC1. The van der Waals surface area contributed by atoms with E-state index in [9.17, 15) is 13.2 Å². The molecule has 21 heavy (non-hydrogen) atoms. The van der Waals surface area contributed by atoms with Gasteiger partial charge in [-0.05, 0) is 46.8 Å². The van der Waals surface area contributed by atoms with E-state index in [4.69, 9.17) is 5.73 Å². The molecule has 0 amide bonds. The maximum atomic E-state index is 13.0. The molecule has 0 bridgehead atoms. The fourth-order valence-corrected chi connectivity index (χ4v) is 3.15. The second-order valence-electron chi connectivity index (χ2n) is 5.67. The monoisotopic (exact) mass is 365 g/mol. The Hall–Kier alpha value is -0.820. The van der Waals surface area contributed by atoms with Crippen molar-refractivity contribution in [1.29, 1.82) is 0 Å². The van der Waals surface area contributed by atoms with Gasteiger partial charge in [0.15, 0.2) is 0 Å². The number of halogens is 4. The zero-order chi connectivity index (χ0) is 15.5. The van der Waals surface area contributed by atoms with Crippen LogP contribution >= 0.6 is 15.9 Å². The minimum atomic E-state index is -4.43. The second kappa shape index (κ2) is 6.52. The minimum absolute atomic E-state index is 0.115. The maximum absolute atomic E-state index is 13.0. The van der Waals surface area contributed by atoms with E-state index in [1.54, 1.807) is 0 Å². The first-order valence-corrected chi connectivity index (χ1v) is 7.82. The predicted octanol–water partition coefficient (Wildman–Crippen LogP) is 4.18. The van der Waals surface area contributed by atoms with Gasteiger partial charge < -0.3 is 11.1 Å². The number of anilines is 1. The van der Waals surface area contributed by atoms with Crippen LogP contribution < -0.4 is 11.1 Å². The highest BCUT2D eigenvalue weighted by Crippen LogP contribution is 2.38. The summed E-state index contributed by atoms with van der Waals surface area (Å²) >= 11 is 3.03. The second-order valence-corrected chi connectivity index (χ2v) is 6.58. The maximum Gasteiger partial charge on any atom is 0.419 e. The van der Waals surface area contributed by atoms with Crippen molar-refractivity contribution in [2.75, 3.05) is 18.4 Å². The van der Waals surface area contributed by atoms with Crippen molar-refractivity contribution in [2.24, 2.45) is 11.1 Å². The van der Waals surface area contributed by atoms with Crippen LogP contribution in [0.3, 0.4) is 0 Å². The van der Waals surface area contributed by atoms with Crippen LogP contribution in [0.2, 0.25) is 0 Å². The van der Waals surface area contributed by atoms with Crippen molar-refractivity contribution in [3.63, 3.8) is 0 Å².